The zero-order valence-electron chi connectivity index (χ0n) is 6.82. The number of hydrogen-bond acceptors (Lipinski definition) is 2. The van der Waals surface area contributed by atoms with Gasteiger partial charge in [-0.25, -0.2) is 0 Å². The van der Waals surface area contributed by atoms with E-state index in [2.05, 4.69) is 5.32 Å². The zero-order valence-corrected chi connectivity index (χ0v) is 6.82. The molecule has 0 bridgehead atoms. The fraction of sp³-hybridized carbons (Fsp3) is 1.00. The second-order valence-corrected chi connectivity index (χ2v) is 2.85. The lowest BCUT2D eigenvalue weighted by molar-refractivity contribution is -0.239. The molecule has 1 N–H and O–H groups in total. The molecule has 12 heavy (non-hydrogen) atoms. The molecular weight excluding hydrogens is 171 g/mol. The van der Waals surface area contributed by atoms with Crippen LogP contribution in [0.4, 0.5) is 13.2 Å². The summed E-state index contributed by atoms with van der Waals surface area (Å²) in [5.74, 6) is 0. The number of nitrogens with one attached hydrogen (secondary N) is 1. The largest absolute Gasteiger partial charge is 0.415 e. The van der Waals surface area contributed by atoms with Crippen LogP contribution in [0.3, 0.4) is 0 Å². The molecule has 0 radical (unpaired) electrons. The molecule has 1 fully saturated rings. The highest BCUT2D eigenvalue weighted by Crippen LogP contribution is 2.25. The Hall–Kier alpha value is -0.290. The monoisotopic (exact) mass is 183 g/mol. The van der Waals surface area contributed by atoms with Crippen LogP contribution in [0.1, 0.15) is 13.3 Å². The van der Waals surface area contributed by atoms with Crippen molar-refractivity contribution < 1.29 is 17.9 Å². The summed E-state index contributed by atoms with van der Waals surface area (Å²) >= 11 is 0. The van der Waals surface area contributed by atoms with Gasteiger partial charge in [0.05, 0.1) is 6.10 Å². The number of hydrogen-bond donors (Lipinski definition) is 1. The third-order valence-electron chi connectivity index (χ3n) is 1.88. The van der Waals surface area contributed by atoms with E-state index in [0.717, 1.165) is 0 Å². The molecule has 2 nitrogen and oxygen atoms in total. The highest BCUT2D eigenvalue weighted by atomic mass is 19.4. The third kappa shape index (κ3) is 2.35. The molecule has 5 heteroatoms. The molecular formula is C7H12F3NO. The predicted molar refractivity (Wildman–Crippen MR) is 37.9 cm³/mol. The van der Waals surface area contributed by atoms with Gasteiger partial charge in [0.2, 0.25) is 0 Å². The zero-order chi connectivity index (χ0) is 9.19. The fourth-order valence-electron chi connectivity index (χ4n) is 1.14. The van der Waals surface area contributed by atoms with Crippen molar-refractivity contribution in [1.82, 2.24) is 5.32 Å². The third-order valence-corrected chi connectivity index (χ3v) is 1.88. The minimum Gasteiger partial charge on any atom is -0.363 e. The first kappa shape index (κ1) is 9.80. The second kappa shape index (κ2) is 3.62. The van der Waals surface area contributed by atoms with E-state index in [9.17, 15) is 13.2 Å². The normalized spacial score (nSPS) is 32.0. The van der Waals surface area contributed by atoms with Gasteiger partial charge in [0, 0.05) is 13.1 Å². The van der Waals surface area contributed by atoms with Crippen LogP contribution in [0.25, 0.3) is 0 Å². The van der Waals surface area contributed by atoms with Crippen LogP contribution in [0.2, 0.25) is 0 Å². The van der Waals surface area contributed by atoms with Crippen LogP contribution >= 0.6 is 0 Å². The Kier molecular flexibility index (Phi) is 2.95. The maximum atomic E-state index is 12.1. The van der Waals surface area contributed by atoms with Gasteiger partial charge in [-0.1, -0.05) is 6.92 Å². The van der Waals surface area contributed by atoms with Crippen molar-refractivity contribution >= 4 is 0 Å². The van der Waals surface area contributed by atoms with Gasteiger partial charge in [-0.05, 0) is 6.42 Å². The number of morpholine rings is 1. The lowest BCUT2D eigenvalue weighted by atomic mass is 10.2. The number of alkyl halides is 3. The van der Waals surface area contributed by atoms with Gasteiger partial charge in [-0.15, -0.1) is 0 Å². The van der Waals surface area contributed by atoms with Crippen molar-refractivity contribution in [2.75, 3.05) is 13.1 Å². The van der Waals surface area contributed by atoms with Gasteiger partial charge in [-0.2, -0.15) is 13.2 Å². The Morgan fingerprint density at radius 2 is 2.08 bits per heavy atom. The summed E-state index contributed by atoms with van der Waals surface area (Å²) in [7, 11) is 0. The van der Waals surface area contributed by atoms with Crippen LogP contribution in [-0.2, 0) is 4.74 Å². The average molecular weight is 183 g/mol. The summed E-state index contributed by atoms with van der Waals surface area (Å²) in [5, 5.41) is 2.70. The smallest absolute Gasteiger partial charge is 0.363 e. The molecule has 0 spiro atoms. The van der Waals surface area contributed by atoms with E-state index in [1.54, 1.807) is 0 Å². The van der Waals surface area contributed by atoms with E-state index in [1.807, 2.05) is 6.92 Å². The van der Waals surface area contributed by atoms with Crippen molar-refractivity contribution in [3.05, 3.63) is 0 Å². The first-order valence-electron chi connectivity index (χ1n) is 3.97. The Balaban J connectivity index is 2.46. The van der Waals surface area contributed by atoms with Gasteiger partial charge >= 0.3 is 6.18 Å². The SMILES string of the molecule is CC[C@H]1CNC[C@H](C(F)(F)F)O1. The van der Waals surface area contributed by atoms with Crippen LogP contribution < -0.4 is 5.32 Å². The molecule has 0 unspecified atom stereocenters. The Morgan fingerprint density at radius 1 is 1.42 bits per heavy atom. The lowest BCUT2D eigenvalue weighted by Crippen LogP contribution is -2.50. The van der Waals surface area contributed by atoms with E-state index in [1.165, 1.54) is 0 Å². The van der Waals surface area contributed by atoms with Crippen molar-refractivity contribution in [2.24, 2.45) is 0 Å². The van der Waals surface area contributed by atoms with E-state index in [4.69, 9.17) is 4.74 Å². The van der Waals surface area contributed by atoms with E-state index < -0.39 is 12.3 Å². The van der Waals surface area contributed by atoms with Crippen LogP contribution in [0, 0.1) is 0 Å². The molecule has 1 heterocycles. The van der Waals surface area contributed by atoms with E-state index in [0.29, 0.717) is 13.0 Å². The van der Waals surface area contributed by atoms with Gasteiger partial charge in [0.25, 0.3) is 0 Å². The molecule has 0 aromatic carbocycles. The molecule has 1 rings (SSSR count). The van der Waals surface area contributed by atoms with Gasteiger partial charge in [-0.3, -0.25) is 0 Å². The second-order valence-electron chi connectivity index (χ2n) is 2.85. The Morgan fingerprint density at radius 3 is 2.58 bits per heavy atom. The van der Waals surface area contributed by atoms with Crippen LogP contribution in [-0.4, -0.2) is 31.5 Å². The molecule has 0 amide bonds. The molecule has 2 atom stereocenters. The highest BCUT2D eigenvalue weighted by molar-refractivity contribution is 4.78. The molecule has 0 saturated carbocycles. The average Bonchev–Trinajstić information content (AvgIpc) is 2.03. The number of rotatable bonds is 1. The molecule has 1 aliphatic heterocycles. The maximum Gasteiger partial charge on any atom is 0.415 e. The predicted octanol–water partition coefficient (Wildman–Crippen LogP) is 1.32. The quantitative estimate of drug-likeness (QED) is 0.661. The van der Waals surface area contributed by atoms with E-state index in [-0.39, 0.29) is 12.6 Å². The topological polar surface area (TPSA) is 21.3 Å². The summed E-state index contributed by atoms with van der Waals surface area (Å²) in [6.07, 6.45) is -5.55. The van der Waals surface area contributed by atoms with E-state index >= 15 is 0 Å². The molecule has 0 aromatic heterocycles. The highest BCUT2D eigenvalue weighted by Gasteiger charge is 2.43. The minimum atomic E-state index is -4.24. The van der Waals surface area contributed by atoms with Crippen LogP contribution in [0.15, 0.2) is 0 Å². The molecule has 1 aliphatic rings. The maximum absolute atomic E-state index is 12.1. The first-order valence-corrected chi connectivity index (χ1v) is 3.97. The summed E-state index contributed by atoms with van der Waals surface area (Å²) in [5.41, 5.74) is 0. The molecule has 72 valence electrons. The minimum absolute atomic E-state index is 0.125. The van der Waals surface area contributed by atoms with Crippen LogP contribution in [0.5, 0.6) is 0 Å². The number of halogens is 3. The Bertz CT molecular complexity index is 148. The lowest BCUT2D eigenvalue weighted by Gasteiger charge is -2.31. The fourth-order valence-corrected chi connectivity index (χ4v) is 1.14. The molecule has 0 aromatic rings. The first-order chi connectivity index (χ1) is 5.54. The van der Waals surface area contributed by atoms with Gasteiger partial charge < -0.3 is 10.1 Å². The van der Waals surface area contributed by atoms with Crippen molar-refractivity contribution in [2.45, 2.75) is 31.7 Å². The number of ether oxygens (including phenoxy) is 1. The van der Waals surface area contributed by atoms with Crippen molar-refractivity contribution in [3.63, 3.8) is 0 Å². The van der Waals surface area contributed by atoms with Gasteiger partial charge in [0.15, 0.2) is 6.10 Å². The standard InChI is InChI=1S/C7H12F3NO/c1-2-5-3-11-4-6(12-5)7(8,9)10/h5-6,11H,2-4H2,1H3/t5-,6+/m0/s1. The molecule has 0 aliphatic carbocycles. The Labute approximate surface area is 69.1 Å². The summed E-state index contributed by atoms with van der Waals surface area (Å²) in [6, 6.07) is 0. The van der Waals surface area contributed by atoms with Gasteiger partial charge in [0.1, 0.15) is 0 Å². The summed E-state index contributed by atoms with van der Waals surface area (Å²) in [6.45, 7) is 2.20. The summed E-state index contributed by atoms with van der Waals surface area (Å²) < 4.78 is 41.1. The summed E-state index contributed by atoms with van der Waals surface area (Å²) in [4.78, 5) is 0. The van der Waals surface area contributed by atoms with Crippen molar-refractivity contribution in [1.29, 1.82) is 0 Å². The van der Waals surface area contributed by atoms with Crippen molar-refractivity contribution in [3.8, 4) is 0 Å². The molecule has 1 saturated heterocycles.